The molecule has 2 aliphatic carbocycles. The highest BCUT2D eigenvalue weighted by molar-refractivity contribution is 5.37. The molecule has 0 unspecified atom stereocenters. The molecule has 0 heterocycles. The van der Waals surface area contributed by atoms with Crippen LogP contribution >= 0.6 is 0 Å². The van der Waals surface area contributed by atoms with E-state index in [0.717, 1.165) is 11.3 Å². The average Bonchev–Trinajstić information content (AvgIpc) is 2.40. The van der Waals surface area contributed by atoms with Gasteiger partial charge in [-0.2, -0.15) is 0 Å². The summed E-state index contributed by atoms with van der Waals surface area (Å²) in [5.74, 6) is 0.872. The van der Waals surface area contributed by atoms with Crippen LogP contribution in [-0.2, 0) is 13.0 Å². The second kappa shape index (κ2) is 5.51. The fourth-order valence-corrected chi connectivity index (χ4v) is 1.72. The van der Waals surface area contributed by atoms with Crippen molar-refractivity contribution in [2.24, 2.45) is 5.73 Å². The predicted octanol–water partition coefficient (Wildman–Crippen LogP) is 2.74. The Kier molecular flexibility index (Phi) is 3.78. The van der Waals surface area contributed by atoms with Crippen LogP contribution in [0.4, 0.5) is 0 Å². The summed E-state index contributed by atoms with van der Waals surface area (Å²) in [5.41, 5.74) is 9.49. The first kappa shape index (κ1) is 11.7. The van der Waals surface area contributed by atoms with Gasteiger partial charge in [0, 0.05) is 6.54 Å². The third kappa shape index (κ3) is 3.08. The topological polar surface area (TPSA) is 35.2 Å². The lowest BCUT2D eigenvalue weighted by Gasteiger charge is -2.11. The number of fused-ring (bicyclic) bond motifs is 2. The summed E-state index contributed by atoms with van der Waals surface area (Å²) in [4.78, 5) is 0. The molecule has 0 atom stereocenters. The van der Waals surface area contributed by atoms with Gasteiger partial charge in [-0.1, -0.05) is 36.4 Å². The van der Waals surface area contributed by atoms with Crippen molar-refractivity contribution in [2.45, 2.75) is 13.0 Å². The first-order valence-corrected chi connectivity index (χ1v) is 5.72. The molecule has 2 heteroatoms. The number of ether oxygens (including phenoxy) is 1. The fourth-order valence-electron chi connectivity index (χ4n) is 1.72. The largest absolute Gasteiger partial charge is 0.497 e. The molecule has 2 nitrogen and oxygen atoms in total. The lowest BCUT2D eigenvalue weighted by molar-refractivity contribution is 0.414. The minimum atomic E-state index is 0.587. The van der Waals surface area contributed by atoms with Gasteiger partial charge in [0.15, 0.2) is 0 Å². The van der Waals surface area contributed by atoms with Crippen LogP contribution in [0.5, 0.6) is 5.75 Å². The Morgan fingerprint density at radius 2 is 1.65 bits per heavy atom. The normalized spacial score (nSPS) is 10.9. The van der Waals surface area contributed by atoms with Crippen molar-refractivity contribution >= 4 is 0 Å². The minimum Gasteiger partial charge on any atom is -0.497 e. The van der Waals surface area contributed by atoms with Gasteiger partial charge in [0.2, 0.25) is 0 Å². The van der Waals surface area contributed by atoms with Crippen molar-refractivity contribution in [3.05, 3.63) is 65.2 Å². The third-order valence-corrected chi connectivity index (χ3v) is 2.79. The summed E-state index contributed by atoms with van der Waals surface area (Å²) in [6.07, 6.45) is 1.22. The smallest absolute Gasteiger partial charge is 0.118 e. The van der Waals surface area contributed by atoms with Crippen molar-refractivity contribution in [2.75, 3.05) is 7.11 Å². The summed E-state index contributed by atoms with van der Waals surface area (Å²) in [7, 11) is 1.65. The lowest BCUT2D eigenvalue weighted by Crippen LogP contribution is -1.97. The van der Waals surface area contributed by atoms with E-state index in [4.69, 9.17) is 10.5 Å². The monoisotopic (exact) mass is 227 g/mol. The van der Waals surface area contributed by atoms with Crippen molar-refractivity contribution in [3.63, 3.8) is 0 Å². The number of rotatable bonds is 2. The van der Waals surface area contributed by atoms with E-state index in [1.807, 2.05) is 24.3 Å². The molecule has 0 saturated heterocycles. The molecule has 0 fully saturated rings. The Hall–Kier alpha value is -1.80. The van der Waals surface area contributed by atoms with Gasteiger partial charge in [-0.15, -0.1) is 0 Å². The Morgan fingerprint density at radius 1 is 1.06 bits per heavy atom. The van der Waals surface area contributed by atoms with E-state index < -0.39 is 0 Å². The molecule has 0 saturated carbocycles. The first-order chi connectivity index (χ1) is 8.31. The van der Waals surface area contributed by atoms with Crippen LogP contribution in [0.15, 0.2) is 48.5 Å². The maximum absolute atomic E-state index is 5.40. The summed E-state index contributed by atoms with van der Waals surface area (Å²) in [6, 6.07) is 16.4. The third-order valence-electron chi connectivity index (χ3n) is 2.79. The van der Waals surface area contributed by atoms with E-state index in [-0.39, 0.29) is 0 Å². The molecule has 2 bridgehead atoms. The maximum atomic E-state index is 5.40. The molecule has 4 rings (SSSR count). The number of nitrogens with two attached hydrogens (primary N) is 1. The van der Waals surface area contributed by atoms with E-state index in [9.17, 15) is 0 Å². The molecule has 17 heavy (non-hydrogen) atoms. The van der Waals surface area contributed by atoms with Gasteiger partial charge >= 0.3 is 0 Å². The van der Waals surface area contributed by atoms with Gasteiger partial charge in [0.05, 0.1) is 7.11 Å². The molecule has 0 amide bonds. The molecule has 88 valence electrons. The standard InChI is InChI=1S/C8H11NO.C7H6/c1-10-8-4-2-7(6-9)3-5-8;1-2-6-4-7(3-1)5-6/h2-5H,6,9H2,1H3;1-4H,5H2. The zero-order chi connectivity index (χ0) is 12.1. The van der Waals surface area contributed by atoms with Crippen molar-refractivity contribution in [1.82, 2.24) is 0 Å². The SMILES string of the molecule is COc1ccc(CN)cc1.c1cc2cc(c1)C2. The first-order valence-electron chi connectivity index (χ1n) is 5.72. The summed E-state index contributed by atoms with van der Waals surface area (Å²) >= 11 is 0. The molecule has 0 spiro atoms. The number of hydrogen-bond acceptors (Lipinski definition) is 2. The molecule has 0 aromatic heterocycles. The van der Waals surface area contributed by atoms with Gasteiger partial charge in [0.1, 0.15) is 5.75 Å². The summed E-state index contributed by atoms with van der Waals surface area (Å²) < 4.78 is 4.97. The van der Waals surface area contributed by atoms with Crippen molar-refractivity contribution in [3.8, 4) is 5.75 Å². The van der Waals surface area contributed by atoms with Gasteiger partial charge in [0.25, 0.3) is 0 Å². The van der Waals surface area contributed by atoms with E-state index in [1.165, 1.54) is 17.5 Å². The van der Waals surface area contributed by atoms with Gasteiger partial charge in [-0.25, -0.2) is 0 Å². The molecule has 2 aliphatic rings. The van der Waals surface area contributed by atoms with Crippen molar-refractivity contribution < 1.29 is 4.74 Å². The highest BCUT2D eigenvalue weighted by Gasteiger charge is 2.04. The second-order valence-electron chi connectivity index (χ2n) is 4.05. The van der Waals surface area contributed by atoms with E-state index in [0.29, 0.717) is 6.54 Å². The van der Waals surface area contributed by atoms with Crippen LogP contribution in [0.1, 0.15) is 16.7 Å². The Bertz CT molecular complexity index is 429. The lowest BCUT2D eigenvalue weighted by atomic mass is 9.94. The molecule has 0 aliphatic heterocycles. The van der Waals surface area contributed by atoms with Crippen LogP contribution < -0.4 is 10.5 Å². The van der Waals surface area contributed by atoms with Crippen LogP contribution in [0.2, 0.25) is 0 Å². The highest BCUT2D eigenvalue weighted by atomic mass is 16.5. The van der Waals surface area contributed by atoms with Crippen LogP contribution in [0.25, 0.3) is 0 Å². The number of benzene rings is 2. The molecule has 2 aromatic rings. The van der Waals surface area contributed by atoms with Gasteiger partial charge < -0.3 is 10.5 Å². The minimum absolute atomic E-state index is 0.587. The van der Waals surface area contributed by atoms with E-state index in [1.54, 1.807) is 7.11 Å². The Morgan fingerprint density at radius 3 is 1.94 bits per heavy atom. The predicted molar refractivity (Wildman–Crippen MR) is 70.1 cm³/mol. The second-order valence-corrected chi connectivity index (χ2v) is 4.05. The quantitative estimate of drug-likeness (QED) is 0.730. The Balaban J connectivity index is 0.000000134. The van der Waals surface area contributed by atoms with Crippen LogP contribution in [-0.4, -0.2) is 7.11 Å². The Labute approximate surface area is 102 Å². The van der Waals surface area contributed by atoms with Crippen LogP contribution in [0.3, 0.4) is 0 Å². The summed E-state index contributed by atoms with van der Waals surface area (Å²) in [6.45, 7) is 0.587. The van der Waals surface area contributed by atoms with Gasteiger partial charge in [-0.05, 0) is 35.2 Å². The molecular formula is C15H17NO. The van der Waals surface area contributed by atoms with E-state index in [2.05, 4.69) is 24.3 Å². The van der Waals surface area contributed by atoms with E-state index >= 15 is 0 Å². The number of hydrogen-bond donors (Lipinski definition) is 1. The zero-order valence-electron chi connectivity index (χ0n) is 10.0. The summed E-state index contributed by atoms with van der Waals surface area (Å²) in [5, 5.41) is 0. The van der Waals surface area contributed by atoms with Crippen molar-refractivity contribution in [1.29, 1.82) is 0 Å². The van der Waals surface area contributed by atoms with Gasteiger partial charge in [-0.3, -0.25) is 0 Å². The maximum Gasteiger partial charge on any atom is 0.118 e. The molecule has 0 radical (unpaired) electrons. The molecular weight excluding hydrogens is 210 g/mol. The fraction of sp³-hybridized carbons (Fsp3) is 0.200. The average molecular weight is 227 g/mol. The zero-order valence-corrected chi connectivity index (χ0v) is 10.0. The molecule has 2 N–H and O–H groups in total. The van der Waals surface area contributed by atoms with Crippen LogP contribution in [0, 0.1) is 0 Å². The highest BCUT2D eigenvalue weighted by Crippen LogP contribution is 2.18. The number of methoxy groups -OCH3 is 1. The molecule has 2 aromatic carbocycles.